The molecule has 1 atom stereocenters. The van der Waals surface area contributed by atoms with Gasteiger partial charge in [0.1, 0.15) is 6.10 Å². The minimum atomic E-state index is -0.323. The highest BCUT2D eigenvalue weighted by atomic mass is 79.9. The molecule has 0 bridgehead atoms. The van der Waals surface area contributed by atoms with Crippen molar-refractivity contribution in [3.63, 3.8) is 0 Å². The normalized spacial score (nSPS) is 23.6. The molecule has 1 aromatic rings. The highest BCUT2D eigenvalue weighted by molar-refractivity contribution is 9.10. The molecular formula is C15H19BrN2O2. The Balaban J connectivity index is 1.55. The van der Waals surface area contributed by atoms with Crippen molar-refractivity contribution in [3.05, 3.63) is 34.3 Å². The maximum absolute atomic E-state index is 12.0. The number of amides is 1. The zero-order valence-electron chi connectivity index (χ0n) is 11.3. The molecule has 1 aliphatic carbocycles. The fourth-order valence-electron chi connectivity index (χ4n) is 2.42. The number of carbonyl (C=O) groups excluding carboxylic acids is 1. The number of hydrogen-bond acceptors (Lipinski definition) is 3. The van der Waals surface area contributed by atoms with Crippen molar-refractivity contribution >= 4 is 21.8 Å². The van der Waals surface area contributed by atoms with E-state index >= 15 is 0 Å². The first-order valence-corrected chi connectivity index (χ1v) is 7.89. The number of benzene rings is 1. The van der Waals surface area contributed by atoms with Crippen LogP contribution in [0, 0.1) is 0 Å². The topological polar surface area (TPSA) is 41.6 Å². The molecule has 5 heteroatoms. The van der Waals surface area contributed by atoms with Gasteiger partial charge < -0.3 is 10.1 Å². The van der Waals surface area contributed by atoms with Gasteiger partial charge in [0.25, 0.3) is 5.91 Å². The average Bonchev–Trinajstić information content (AvgIpc) is 3.23. The van der Waals surface area contributed by atoms with Crippen LogP contribution in [0.4, 0.5) is 0 Å². The van der Waals surface area contributed by atoms with E-state index < -0.39 is 0 Å². The molecule has 3 rings (SSSR count). The van der Waals surface area contributed by atoms with Crippen LogP contribution < -0.4 is 5.32 Å². The Morgan fingerprint density at radius 2 is 2.30 bits per heavy atom. The van der Waals surface area contributed by atoms with Gasteiger partial charge in [-0.1, -0.05) is 28.1 Å². The quantitative estimate of drug-likeness (QED) is 0.911. The van der Waals surface area contributed by atoms with E-state index in [0.717, 1.165) is 30.4 Å². The number of nitrogens with zero attached hydrogens (tertiary/aromatic N) is 1. The molecule has 1 aliphatic heterocycles. The van der Waals surface area contributed by atoms with Crippen LogP contribution in [0.3, 0.4) is 0 Å². The van der Waals surface area contributed by atoms with Gasteiger partial charge in [-0.3, -0.25) is 9.69 Å². The monoisotopic (exact) mass is 338 g/mol. The highest BCUT2D eigenvalue weighted by Gasteiger charge is 2.31. The van der Waals surface area contributed by atoms with E-state index in [-0.39, 0.29) is 12.0 Å². The molecule has 1 saturated carbocycles. The molecule has 1 saturated heterocycles. The summed E-state index contributed by atoms with van der Waals surface area (Å²) < 4.78 is 6.69. The standard InChI is InChI=1S/C15H19BrN2O2/c16-12-3-1-2-11(8-12)9-18-6-7-20-14(10-18)15(19)17-13-4-5-13/h1-3,8,13-14H,4-7,9-10H2,(H,17,19). The maximum Gasteiger partial charge on any atom is 0.250 e. The van der Waals surface area contributed by atoms with E-state index in [1.54, 1.807) is 0 Å². The average molecular weight is 339 g/mol. The Labute approximate surface area is 127 Å². The van der Waals surface area contributed by atoms with Crippen LogP contribution in [0.25, 0.3) is 0 Å². The third kappa shape index (κ3) is 3.81. The summed E-state index contributed by atoms with van der Waals surface area (Å²) in [5.74, 6) is 0.0476. The molecular weight excluding hydrogens is 320 g/mol. The molecule has 2 aliphatic rings. The van der Waals surface area contributed by atoms with Gasteiger partial charge in [-0.2, -0.15) is 0 Å². The van der Waals surface area contributed by atoms with Crippen LogP contribution in [-0.4, -0.2) is 42.6 Å². The SMILES string of the molecule is O=C(NC1CC1)C1CN(Cc2cccc(Br)c2)CCO1. The lowest BCUT2D eigenvalue weighted by molar-refractivity contribution is -0.138. The Kier molecular flexibility index (Phi) is 4.38. The fourth-order valence-corrected chi connectivity index (χ4v) is 2.87. The first kappa shape index (κ1) is 14.0. The molecule has 20 heavy (non-hydrogen) atoms. The van der Waals surface area contributed by atoms with E-state index in [2.05, 4.69) is 38.3 Å². The maximum atomic E-state index is 12.0. The molecule has 1 heterocycles. The largest absolute Gasteiger partial charge is 0.366 e. The van der Waals surface area contributed by atoms with Gasteiger partial charge in [0.2, 0.25) is 0 Å². The first-order chi connectivity index (χ1) is 9.70. The van der Waals surface area contributed by atoms with Crippen LogP contribution in [0.5, 0.6) is 0 Å². The van der Waals surface area contributed by atoms with Gasteiger partial charge in [0, 0.05) is 30.1 Å². The van der Waals surface area contributed by atoms with Crippen LogP contribution >= 0.6 is 15.9 Å². The predicted octanol–water partition coefficient (Wildman–Crippen LogP) is 1.93. The molecule has 0 radical (unpaired) electrons. The second-order valence-corrected chi connectivity index (χ2v) is 6.42. The van der Waals surface area contributed by atoms with Crippen LogP contribution in [-0.2, 0) is 16.1 Å². The summed E-state index contributed by atoms with van der Waals surface area (Å²) in [6, 6.07) is 8.69. The lowest BCUT2D eigenvalue weighted by atomic mass is 10.2. The molecule has 2 fully saturated rings. The Bertz CT molecular complexity index is 491. The van der Waals surface area contributed by atoms with Gasteiger partial charge in [-0.05, 0) is 30.5 Å². The molecule has 0 aromatic heterocycles. The van der Waals surface area contributed by atoms with Crippen molar-refractivity contribution in [2.75, 3.05) is 19.7 Å². The van der Waals surface area contributed by atoms with Crippen molar-refractivity contribution in [2.24, 2.45) is 0 Å². The Hall–Kier alpha value is -0.910. The number of rotatable bonds is 4. The number of hydrogen-bond donors (Lipinski definition) is 1. The molecule has 4 nitrogen and oxygen atoms in total. The van der Waals surface area contributed by atoms with Gasteiger partial charge in [0.05, 0.1) is 6.61 Å². The molecule has 1 amide bonds. The van der Waals surface area contributed by atoms with Crippen LogP contribution in [0.2, 0.25) is 0 Å². The van der Waals surface area contributed by atoms with Crippen molar-refractivity contribution in [3.8, 4) is 0 Å². The molecule has 1 N–H and O–H groups in total. The minimum Gasteiger partial charge on any atom is -0.366 e. The Morgan fingerprint density at radius 1 is 1.45 bits per heavy atom. The van der Waals surface area contributed by atoms with E-state index in [4.69, 9.17) is 4.74 Å². The van der Waals surface area contributed by atoms with Gasteiger partial charge in [0.15, 0.2) is 0 Å². The smallest absolute Gasteiger partial charge is 0.250 e. The molecule has 1 aromatic carbocycles. The first-order valence-electron chi connectivity index (χ1n) is 7.09. The molecule has 108 valence electrons. The summed E-state index contributed by atoms with van der Waals surface area (Å²) in [6.07, 6.45) is 1.90. The highest BCUT2D eigenvalue weighted by Crippen LogP contribution is 2.20. The van der Waals surface area contributed by atoms with E-state index in [9.17, 15) is 4.79 Å². The third-order valence-corrected chi connectivity index (χ3v) is 4.16. The molecule has 0 spiro atoms. The van der Waals surface area contributed by atoms with Crippen molar-refractivity contribution in [2.45, 2.75) is 31.5 Å². The lowest BCUT2D eigenvalue weighted by Crippen LogP contribution is -2.49. The predicted molar refractivity (Wildman–Crippen MR) is 80.3 cm³/mol. The van der Waals surface area contributed by atoms with Crippen molar-refractivity contribution < 1.29 is 9.53 Å². The molecule has 1 unspecified atom stereocenters. The second-order valence-electron chi connectivity index (χ2n) is 5.51. The van der Waals surface area contributed by atoms with Crippen molar-refractivity contribution in [1.29, 1.82) is 0 Å². The van der Waals surface area contributed by atoms with Crippen LogP contribution in [0.1, 0.15) is 18.4 Å². The lowest BCUT2D eigenvalue weighted by Gasteiger charge is -2.32. The third-order valence-electron chi connectivity index (χ3n) is 3.66. The number of halogens is 1. The Morgan fingerprint density at radius 3 is 3.05 bits per heavy atom. The van der Waals surface area contributed by atoms with E-state index in [0.29, 0.717) is 19.2 Å². The zero-order valence-corrected chi connectivity index (χ0v) is 12.9. The summed E-state index contributed by atoms with van der Waals surface area (Å²) in [6.45, 7) is 3.03. The summed E-state index contributed by atoms with van der Waals surface area (Å²) >= 11 is 3.49. The minimum absolute atomic E-state index is 0.0476. The van der Waals surface area contributed by atoms with E-state index in [1.807, 2.05) is 12.1 Å². The summed E-state index contributed by atoms with van der Waals surface area (Å²) in [7, 11) is 0. The number of carbonyl (C=O) groups is 1. The second kappa shape index (κ2) is 6.24. The van der Waals surface area contributed by atoms with Gasteiger partial charge >= 0.3 is 0 Å². The number of nitrogens with one attached hydrogen (secondary N) is 1. The van der Waals surface area contributed by atoms with Gasteiger partial charge in [-0.15, -0.1) is 0 Å². The van der Waals surface area contributed by atoms with Crippen molar-refractivity contribution in [1.82, 2.24) is 10.2 Å². The summed E-state index contributed by atoms with van der Waals surface area (Å²) in [4.78, 5) is 14.3. The zero-order chi connectivity index (χ0) is 13.9. The number of morpholine rings is 1. The van der Waals surface area contributed by atoms with Crippen LogP contribution in [0.15, 0.2) is 28.7 Å². The van der Waals surface area contributed by atoms with E-state index in [1.165, 1.54) is 5.56 Å². The summed E-state index contributed by atoms with van der Waals surface area (Å²) in [5, 5.41) is 3.02. The number of ether oxygens (including phenoxy) is 1. The fraction of sp³-hybridized carbons (Fsp3) is 0.533. The van der Waals surface area contributed by atoms with Gasteiger partial charge in [-0.25, -0.2) is 0 Å². The summed E-state index contributed by atoms with van der Waals surface area (Å²) in [5.41, 5.74) is 1.25.